The Hall–Kier alpha value is -2.70. The first kappa shape index (κ1) is 14.7. The van der Waals surface area contributed by atoms with Crippen molar-refractivity contribution in [2.75, 3.05) is 0 Å². The molecule has 0 aliphatic rings. The molecule has 0 aliphatic heterocycles. The molecule has 2 aromatic heterocycles. The second kappa shape index (κ2) is 5.74. The van der Waals surface area contributed by atoms with Gasteiger partial charge in [-0.15, -0.1) is 0 Å². The highest BCUT2D eigenvalue weighted by molar-refractivity contribution is 5.76. The van der Waals surface area contributed by atoms with E-state index in [1.54, 1.807) is 0 Å². The lowest BCUT2D eigenvalue weighted by molar-refractivity contribution is 0.637. The molecule has 0 fully saturated rings. The topological polar surface area (TPSA) is 98.6 Å². The Morgan fingerprint density at radius 2 is 1.10 bits per heavy atom. The highest BCUT2D eigenvalue weighted by atomic mass is 16.0. The summed E-state index contributed by atoms with van der Waals surface area (Å²) in [7, 11) is 0. The van der Waals surface area contributed by atoms with Crippen molar-refractivity contribution in [3.63, 3.8) is 0 Å². The third kappa shape index (κ3) is 2.37. The van der Waals surface area contributed by atoms with Gasteiger partial charge in [-0.05, 0) is 24.3 Å². The van der Waals surface area contributed by atoms with Gasteiger partial charge in [-0.3, -0.25) is 0 Å². The average Bonchev–Trinajstić information content (AvgIpc) is 3.05. The summed E-state index contributed by atoms with van der Waals surface area (Å²) in [5.41, 5.74) is 4.32. The first-order chi connectivity index (χ1) is 9.42. The van der Waals surface area contributed by atoms with Gasteiger partial charge in [0.2, 0.25) is 0 Å². The fourth-order valence-electron chi connectivity index (χ4n) is 2.41. The third-order valence-electron chi connectivity index (χ3n) is 3.36. The fraction of sp³-hybridized carbons (Fsp3) is 0.0667. The van der Waals surface area contributed by atoms with Crippen molar-refractivity contribution < 1.29 is 11.0 Å². The van der Waals surface area contributed by atoms with Gasteiger partial charge < -0.3 is 20.1 Å². The van der Waals surface area contributed by atoms with Crippen LogP contribution in [0.4, 0.5) is 0 Å². The van der Waals surface area contributed by atoms with Crippen LogP contribution < -0.4 is 0 Å². The van der Waals surface area contributed by atoms with Crippen molar-refractivity contribution in [3.05, 3.63) is 61.2 Å². The van der Waals surface area contributed by atoms with Gasteiger partial charge in [0.15, 0.2) is 0 Å². The average molecular weight is 284 g/mol. The molecule has 21 heavy (non-hydrogen) atoms. The monoisotopic (exact) mass is 284 g/mol. The molecule has 4 N–H and O–H groups in total. The van der Waals surface area contributed by atoms with Crippen LogP contribution in [0.25, 0.3) is 22.1 Å². The summed E-state index contributed by atoms with van der Waals surface area (Å²) in [6, 6.07) is 16.3. The standard InChI is InChI=1S/C15H12N4.2H2O/c1-3-7-14-12(5-1)16-9-18(14)11-19-10-17-13-6-2-4-8-15(13)19;;/h1-10H,11H2;2*1H2. The van der Waals surface area contributed by atoms with Gasteiger partial charge in [-0.2, -0.15) is 0 Å². The van der Waals surface area contributed by atoms with E-state index in [4.69, 9.17) is 0 Å². The second-order valence-corrected chi connectivity index (χ2v) is 4.55. The Morgan fingerprint density at radius 3 is 1.57 bits per heavy atom. The normalized spacial score (nSPS) is 10.3. The summed E-state index contributed by atoms with van der Waals surface area (Å²) in [5.74, 6) is 0. The summed E-state index contributed by atoms with van der Waals surface area (Å²) in [6.45, 7) is 0.723. The molecular weight excluding hydrogens is 268 g/mol. The van der Waals surface area contributed by atoms with Crippen molar-refractivity contribution >= 4 is 22.1 Å². The molecule has 0 bridgehead atoms. The van der Waals surface area contributed by atoms with Crippen molar-refractivity contribution in [1.82, 2.24) is 19.1 Å². The van der Waals surface area contributed by atoms with Gasteiger partial charge >= 0.3 is 0 Å². The number of imidazole rings is 2. The third-order valence-corrected chi connectivity index (χ3v) is 3.36. The number of aromatic nitrogens is 4. The van der Waals surface area contributed by atoms with Gasteiger partial charge in [-0.25, -0.2) is 9.97 Å². The molecule has 0 saturated carbocycles. The van der Waals surface area contributed by atoms with Crippen molar-refractivity contribution in [2.45, 2.75) is 6.67 Å². The van der Waals surface area contributed by atoms with E-state index in [1.165, 1.54) is 0 Å². The Labute approximate surface area is 120 Å². The van der Waals surface area contributed by atoms with E-state index < -0.39 is 0 Å². The Bertz CT molecular complexity index is 794. The lowest BCUT2D eigenvalue weighted by Crippen LogP contribution is -2.05. The van der Waals surface area contributed by atoms with Crippen molar-refractivity contribution in [1.29, 1.82) is 0 Å². The predicted molar refractivity (Wildman–Crippen MR) is 82.1 cm³/mol. The molecule has 108 valence electrons. The summed E-state index contributed by atoms with van der Waals surface area (Å²) in [6.07, 6.45) is 3.75. The molecule has 0 radical (unpaired) electrons. The van der Waals surface area contributed by atoms with E-state index >= 15 is 0 Å². The molecule has 6 heteroatoms. The zero-order valence-corrected chi connectivity index (χ0v) is 11.3. The molecule has 2 aromatic carbocycles. The Kier molecular flexibility index (Phi) is 4.02. The van der Waals surface area contributed by atoms with Crippen LogP contribution in [0.1, 0.15) is 0 Å². The minimum absolute atomic E-state index is 0. The van der Waals surface area contributed by atoms with Crippen LogP contribution >= 0.6 is 0 Å². The summed E-state index contributed by atoms with van der Waals surface area (Å²) in [4.78, 5) is 8.82. The van der Waals surface area contributed by atoms with Gasteiger partial charge in [0, 0.05) is 0 Å². The molecule has 2 heterocycles. The molecule has 0 atom stereocenters. The van der Waals surface area contributed by atoms with Crippen LogP contribution in [-0.4, -0.2) is 30.1 Å². The summed E-state index contributed by atoms with van der Waals surface area (Å²) in [5, 5.41) is 0. The van der Waals surface area contributed by atoms with E-state index in [0.29, 0.717) is 0 Å². The van der Waals surface area contributed by atoms with Crippen LogP contribution in [0.3, 0.4) is 0 Å². The zero-order valence-electron chi connectivity index (χ0n) is 11.3. The summed E-state index contributed by atoms with van der Waals surface area (Å²) < 4.78 is 4.26. The number of fused-ring (bicyclic) bond motifs is 2. The number of nitrogens with zero attached hydrogens (tertiary/aromatic N) is 4. The molecule has 6 nitrogen and oxygen atoms in total. The van der Waals surface area contributed by atoms with E-state index in [9.17, 15) is 0 Å². The maximum Gasteiger partial charge on any atom is 0.102 e. The van der Waals surface area contributed by atoms with E-state index in [1.807, 2.05) is 49.1 Å². The van der Waals surface area contributed by atoms with Gasteiger partial charge in [-0.1, -0.05) is 24.3 Å². The SMILES string of the molecule is O.O.c1ccc2c(c1)ncn2Cn1cnc2ccccc21. The van der Waals surface area contributed by atoms with Crippen LogP contribution in [-0.2, 0) is 6.67 Å². The van der Waals surface area contributed by atoms with E-state index in [-0.39, 0.29) is 11.0 Å². The van der Waals surface area contributed by atoms with Crippen LogP contribution in [0.15, 0.2) is 61.2 Å². The molecule has 0 unspecified atom stereocenters. The van der Waals surface area contributed by atoms with Crippen LogP contribution in [0, 0.1) is 0 Å². The first-order valence-corrected chi connectivity index (χ1v) is 6.21. The highest BCUT2D eigenvalue weighted by Gasteiger charge is 2.04. The van der Waals surface area contributed by atoms with Crippen LogP contribution in [0.2, 0.25) is 0 Å². The fourth-order valence-corrected chi connectivity index (χ4v) is 2.41. The number of rotatable bonds is 2. The molecule has 0 aliphatic carbocycles. The van der Waals surface area contributed by atoms with Crippen LogP contribution in [0.5, 0.6) is 0 Å². The van der Waals surface area contributed by atoms with Gasteiger partial charge in [0.05, 0.1) is 34.7 Å². The first-order valence-electron chi connectivity index (χ1n) is 6.21. The minimum atomic E-state index is 0. The molecule has 0 saturated heterocycles. The van der Waals surface area contributed by atoms with Crippen molar-refractivity contribution in [2.24, 2.45) is 0 Å². The number of para-hydroxylation sites is 4. The summed E-state index contributed by atoms with van der Waals surface area (Å²) >= 11 is 0. The van der Waals surface area contributed by atoms with E-state index in [2.05, 4.69) is 31.2 Å². The lowest BCUT2D eigenvalue weighted by atomic mass is 10.3. The maximum absolute atomic E-state index is 4.41. The highest BCUT2D eigenvalue weighted by Crippen LogP contribution is 2.15. The zero-order chi connectivity index (χ0) is 12.7. The second-order valence-electron chi connectivity index (χ2n) is 4.55. The largest absolute Gasteiger partial charge is 0.412 e. The number of hydrogen-bond acceptors (Lipinski definition) is 2. The van der Waals surface area contributed by atoms with Gasteiger partial charge in [0.1, 0.15) is 6.67 Å². The van der Waals surface area contributed by atoms with Crippen molar-refractivity contribution in [3.8, 4) is 0 Å². The predicted octanol–water partition coefficient (Wildman–Crippen LogP) is 1.24. The number of benzene rings is 2. The van der Waals surface area contributed by atoms with Gasteiger partial charge in [0.25, 0.3) is 0 Å². The Balaban J connectivity index is 0.000000807. The quantitative estimate of drug-likeness (QED) is 0.553. The minimum Gasteiger partial charge on any atom is -0.412 e. The molecule has 4 rings (SSSR count). The lowest BCUT2D eigenvalue weighted by Gasteiger charge is -2.06. The molecule has 0 amide bonds. The smallest absolute Gasteiger partial charge is 0.102 e. The number of hydrogen-bond donors (Lipinski definition) is 0. The molecule has 0 spiro atoms. The van der Waals surface area contributed by atoms with E-state index in [0.717, 1.165) is 28.7 Å². The Morgan fingerprint density at radius 1 is 0.667 bits per heavy atom. The molecular formula is C15H16N4O2. The molecule has 4 aromatic rings. The maximum atomic E-state index is 4.41.